The van der Waals surface area contributed by atoms with Crippen molar-refractivity contribution in [2.24, 2.45) is 0 Å². The van der Waals surface area contributed by atoms with Crippen LogP contribution in [-0.4, -0.2) is 12.0 Å². The second kappa shape index (κ2) is 5.66. The van der Waals surface area contributed by atoms with Gasteiger partial charge in [-0.25, -0.2) is 0 Å². The van der Waals surface area contributed by atoms with Gasteiger partial charge in [-0.05, 0) is 49.7 Å². The molecule has 0 amide bonds. The Morgan fingerprint density at radius 2 is 1.81 bits per heavy atom. The monoisotopic (exact) mass is 276 g/mol. The minimum atomic E-state index is 0.169. The first kappa shape index (κ1) is 13.8. The fourth-order valence-corrected chi connectivity index (χ4v) is 2.90. The molecule has 0 spiro atoms. The Hall–Kier alpha value is -2.19. The standard InChI is InChI=1S/C19H20N2/c1-13-8-9-17(14(2)10-13)19(20-3)16-11-15-6-4-5-7-18(15)21-12-16/h4-12,19-20H,1-3H3. The molecule has 3 aromatic rings. The van der Waals surface area contributed by atoms with E-state index in [0.717, 1.165) is 5.52 Å². The molecule has 0 fully saturated rings. The van der Waals surface area contributed by atoms with Crippen LogP contribution in [0.15, 0.2) is 54.7 Å². The van der Waals surface area contributed by atoms with Crippen LogP contribution in [0.3, 0.4) is 0 Å². The zero-order valence-corrected chi connectivity index (χ0v) is 12.7. The molecule has 0 saturated carbocycles. The summed E-state index contributed by atoms with van der Waals surface area (Å²) >= 11 is 0. The molecule has 0 aliphatic rings. The van der Waals surface area contributed by atoms with Crippen LogP contribution in [0.4, 0.5) is 0 Å². The van der Waals surface area contributed by atoms with Crippen LogP contribution in [0.1, 0.15) is 28.3 Å². The molecule has 106 valence electrons. The molecule has 2 heteroatoms. The summed E-state index contributed by atoms with van der Waals surface area (Å²) in [7, 11) is 2.00. The molecule has 2 nitrogen and oxygen atoms in total. The molecular formula is C19H20N2. The topological polar surface area (TPSA) is 24.9 Å². The summed E-state index contributed by atoms with van der Waals surface area (Å²) in [5.41, 5.74) is 6.14. The Morgan fingerprint density at radius 3 is 2.57 bits per heavy atom. The summed E-state index contributed by atoms with van der Waals surface area (Å²) in [4.78, 5) is 4.58. The summed E-state index contributed by atoms with van der Waals surface area (Å²) < 4.78 is 0. The van der Waals surface area contributed by atoms with Gasteiger partial charge in [-0.1, -0.05) is 42.0 Å². The number of benzene rings is 2. The van der Waals surface area contributed by atoms with Crippen LogP contribution >= 0.6 is 0 Å². The van der Waals surface area contributed by atoms with Crippen LogP contribution < -0.4 is 5.32 Å². The first-order valence-electron chi connectivity index (χ1n) is 7.28. The van der Waals surface area contributed by atoms with Crippen molar-refractivity contribution in [3.63, 3.8) is 0 Å². The number of aromatic nitrogens is 1. The number of pyridine rings is 1. The molecule has 0 bridgehead atoms. The Bertz CT molecular complexity index is 777. The third-order valence-corrected chi connectivity index (χ3v) is 3.97. The zero-order valence-electron chi connectivity index (χ0n) is 12.7. The highest BCUT2D eigenvalue weighted by atomic mass is 14.9. The van der Waals surface area contributed by atoms with E-state index in [1.807, 2.05) is 25.4 Å². The van der Waals surface area contributed by atoms with Crippen molar-refractivity contribution in [3.8, 4) is 0 Å². The van der Waals surface area contributed by atoms with Gasteiger partial charge < -0.3 is 5.32 Å². The van der Waals surface area contributed by atoms with Crippen molar-refractivity contribution in [1.82, 2.24) is 10.3 Å². The molecule has 0 aliphatic carbocycles. The van der Waals surface area contributed by atoms with Crippen LogP contribution in [-0.2, 0) is 0 Å². The van der Waals surface area contributed by atoms with E-state index in [-0.39, 0.29) is 6.04 Å². The van der Waals surface area contributed by atoms with E-state index in [2.05, 4.69) is 60.5 Å². The molecule has 1 aromatic heterocycles. The third-order valence-electron chi connectivity index (χ3n) is 3.97. The first-order valence-corrected chi connectivity index (χ1v) is 7.28. The van der Waals surface area contributed by atoms with E-state index in [0.29, 0.717) is 0 Å². The summed E-state index contributed by atoms with van der Waals surface area (Å²) in [5, 5.41) is 4.60. The molecule has 0 saturated heterocycles. The van der Waals surface area contributed by atoms with Crippen LogP contribution in [0.5, 0.6) is 0 Å². The predicted octanol–water partition coefficient (Wildman–Crippen LogP) is 4.16. The number of hydrogen-bond acceptors (Lipinski definition) is 2. The normalized spacial score (nSPS) is 12.5. The molecule has 1 N–H and O–H groups in total. The lowest BCUT2D eigenvalue weighted by Gasteiger charge is -2.20. The third kappa shape index (κ3) is 2.67. The molecular weight excluding hydrogens is 256 g/mol. The van der Waals surface area contributed by atoms with Crippen molar-refractivity contribution in [2.45, 2.75) is 19.9 Å². The maximum absolute atomic E-state index is 4.58. The Labute approximate surface area is 125 Å². The molecule has 21 heavy (non-hydrogen) atoms. The van der Waals surface area contributed by atoms with Gasteiger partial charge in [-0.2, -0.15) is 0 Å². The lowest BCUT2D eigenvalue weighted by Crippen LogP contribution is -2.19. The number of aryl methyl sites for hydroxylation is 2. The highest BCUT2D eigenvalue weighted by molar-refractivity contribution is 5.79. The lowest BCUT2D eigenvalue weighted by molar-refractivity contribution is 0.685. The average Bonchev–Trinajstić information content (AvgIpc) is 2.50. The first-order chi connectivity index (χ1) is 10.2. The van der Waals surface area contributed by atoms with E-state index in [1.165, 1.54) is 27.6 Å². The van der Waals surface area contributed by atoms with Crippen molar-refractivity contribution >= 4 is 10.9 Å². The number of nitrogens with one attached hydrogen (secondary N) is 1. The number of nitrogens with zero attached hydrogens (tertiary/aromatic N) is 1. The highest BCUT2D eigenvalue weighted by Gasteiger charge is 2.15. The summed E-state index contributed by atoms with van der Waals surface area (Å²) in [6.45, 7) is 4.30. The Balaban J connectivity index is 2.09. The zero-order chi connectivity index (χ0) is 14.8. The summed E-state index contributed by atoms with van der Waals surface area (Å²) in [5.74, 6) is 0. The van der Waals surface area contributed by atoms with Gasteiger partial charge in [0.1, 0.15) is 0 Å². The van der Waals surface area contributed by atoms with E-state index < -0.39 is 0 Å². The maximum Gasteiger partial charge on any atom is 0.0702 e. The Kier molecular flexibility index (Phi) is 3.72. The van der Waals surface area contributed by atoms with Crippen molar-refractivity contribution < 1.29 is 0 Å². The van der Waals surface area contributed by atoms with E-state index in [9.17, 15) is 0 Å². The van der Waals surface area contributed by atoms with Gasteiger partial charge in [0.05, 0.1) is 11.6 Å². The van der Waals surface area contributed by atoms with Gasteiger partial charge >= 0.3 is 0 Å². The predicted molar refractivity (Wildman–Crippen MR) is 88.6 cm³/mol. The molecule has 3 rings (SSSR count). The van der Waals surface area contributed by atoms with E-state index in [4.69, 9.17) is 0 Å². The van der Waals surface area contributed by atoms with Crippen molar-refractivity contribution in [2.75, 3.05) is 7.05 Å². The van der Waals surface area contributed by atoms with Gasteiger partial charge in [0, 0.05) is 11.6 Å². The minimum absolute atomic E-state index is 0.169. The molecule has 0 aliphatic heterocycles. The van der Waals surface area contributed by atoms with Gasteiger partial charge in [-0.15, -0.1) is 0 Å². The minimum Gasteiger partial charge on any atom is -0.309 e. The van der Waals surface area contributed by atoms with Gasteiger partial charge in [0.2, 0.25) is 0 Å². The average molecular weight is 276 g/mol. The van der Waals surface area contributed by atoms with Crippen molar-refractivity contribution in [1.29, 1.82) is 0 Å². The molecule has 1 heterocycles. The molecule has 0 radical (unpaired) electrons. The maximum atomic E-state index is 4.58. The van der Waals surface area contributed by atoms with E-state index >= 15 is 0 Å². The van der Waals surface area contributed by atoms with Gasteiger partial charge in [0.15, 0.2) is 0 Å². The Morgan fingerprint density at radius 1 is 1.00 bits per heavy atom. The number of hydrogen-bond donors (Lipinski definition) is 1. The van der Waals surface area contributed by atoms with E-state index in [1.54, 1.807) is 0 Å². The smallest absolute Gasteiger partial charge is 0.0702 e. The fraction of sp³-hybridized carbons (Fsp3) is 0.211. The lowest BCUT2D eigenvalue weighted by atomic mass is 9.94. The summed E-state index contributed by atoms with van der Waals surface area (Å²) in [6.07, 6.45) is 1.97. The number of fused-ring (bicyclic) bond motifs is 1. The molecule has 2 aromatic carbocycles. The van der Waals surface area contributed by atoms with Crippen LogP contribution in [0.2, 0.25) is 0 Å². The van der Waals surface area contributed by atoms with Crippen molar-refractivity contribution in [3.05, 3.63) is 77.0 Å². The quantitative estimate of drug-likeness (QED) is 0.777. The second-order valence-corrected chi connectivity index (χ2v) is 5.54. The highest BCUT2D eigenvalue weighted by Crippen LogP contribution is 2.26. The van der Waals surface area contributed by atoms with Gasteiger partial charge in [0.25, 0.3) is 0 Å². The summed E-state index contributed by atoms with van der Waals surface area (Å²) in [6, 6.07) is 17.2. The SMILES string of the molecule is CNC(c1cnc2ccccc2c1)c1ccc(C)cc1C. The second-order valence-electron chi connectivity index (χ2n) is 5.54. The molecule has 1 atom stereocenters. The largest absolute Gasteiger partial charge is 0.309 e. The fourth-order valence-electron chi connectivity index (χ4n) is 2.90. The molecule has 1 unspecified atom stereocenters. The van der Waals surface area contributed by atoms with Crippen LogP contribution in [0.25, 0.3) is 10.9 Å². The van der Waals surface area contributed by atoms with Gasteiger partial charge in [-0.3, -0.25) is 4.98 Å². The van der Waals surface area contributed by atoms with Crippen LogP contribution in [0, 0.1) is 13.8 Å². The number of rotatable bonds is 3. The number of para-hydroxylation sites is 1.